The molecule has 328 valence electrons. The molecular weight excluding hydrogens is 764 g/mol. The van der Waals surface area contributed by atoms with Crippen LogP contribution in [0.25, 0.3) is 6.08 Å². The van der Waals surface area contributed by atoms with Crippen molar-refractivity contribution in [2.75, 3.05) is 40.5 Å². The van der Waals surface area contributed by atoms with Gasteiger partial charge in [0.2, 0.25) is 6.10 Å². The van der Waals surface area contributed by atoms with Gasteiger partial charge in [0, 0.05) is 36.0 Å². The summed E-state index contributed by atoms with van der Waals surface area (Å²) in [4.78, 5) is 59.1. The molecule has 3 saturated heterocycles. The largest absolute Gasteiger partial charge is 0.459 e. The van der Waals surface area contributed by atoms with Crippen molar-refractivity contribution in [3.05, 3.63) is 36.2 Å². The number of cyclic esters (lactones) is 1. The van der Waals surface area contributed by atoms with Crippen molar-refractivity contribution in [2.45, 2.75) is 135 Å². The maximum atomic E-state index is 14.4. The summed E-state index contributed by atoms with van der Waals surface area (Å²) in [7, 11) is 3.73. The molecule has 1 unspecified atom stereocenters. The van der Waals surface area contributed by atoms with Gasteiger partial charge in [-0.3, -0.25) is 19.4 Å². The topological polar surface area (TPSA) is 197 Å². The first-order chi connectivity index (χ1) is 27.9. The van der Waals surface area contributed by atoms with Crippen LogP contribution < -0.4 is 0 Å². The highest BCUT2D eigenvalue weighted by Gasteiger charge is 2.53. The van der Waals surface area contributed by atoms with Crippen molar-refractivity contribution in [3.63, 3.8) is 0 Å². The number of esters is 1. The molecule has 59 heavy (non-hydrogen) atoms. The molecule has 16 nitrogen and oxygen atoms in total. The minimum atomic E-state index is -1.84. The van der Waals surface area contributed by atoms with Gasteiger partial charge in [0.1, 0.15) is 29.4 Å². The number of hydrogen-bond donors (Lipinski definition) is 2. The summed E-state index contributed by atoms with van der Waals surface area (Å²) in [6.45, 7) is 13.3. The molecule has 0 aliphatic carbocycles. The number of Topliss-reactive ketones (excluding diaryl/α,β-unsaturated/α-hetero) is 1. The van der Waals surface area contributed by atoms with Crippen LogP contribution in [0.1, 0.15) is 80.2 Å². The van der Waals surface area contributed by atoms with Gasteiger partial charge >= 0.3 is 5.97 Å². The molecule has 0 spiro atoms. The van der Waals surface area contributed by atoms with Crippen molar-refractivity contribution < 1.29 is 57.9 Å². The third kappa shape index (κ3) is 10.9. The molecule has 5 heterocycles. The lowest BCUT2D eigenvalue weighted by molar-refractivity contribution is -0.296. The van der Waals surface area contributed by atoms with Crippen LogP contribution in [0.3, 0.4) is 0 Å². The van der Waals surface area contributed by atoms with Gasteiger partial charge in [-0.25, -0.2) is 4.99 Å². The number of amides is 1. The van der Waals surface area contributed by atoms with E-state index < -0.39 is 89.3 Å². The zero-order chi connectivity index (χ0) is 43.2. The van der Waals surface area contributed by atoms with E-state index >= 15 is 0 Å². The number of ketones is 1. The van der Waals surface area contributed by atoms with E-state index in [1.54, 1.807) is 46.2 Å². The SMILES string of the molecule is CC[C@H]1OC(=O)[C@H](C)C(=O)[C@H](C)[C@@H](O[C@@H]2O[C@H](C)C[C@H](N(C)C)[C@H]2O)[C@@]2(C)C[C@@H](C)C3=NC(=O)C(COC/C=C/c4cccnc4)O/N=C(/CO[C@H]([C@H]3C)[C@]1(C)O)CO2. The average Bonchev–Trinajstić information content (AvgIpc) is 3.22. The van der Waals surface area contributed by atoms with Crippen LogP contribution in [0.4, 0.5) is 0 Å². The van der Waals surface area contributed by atoms with Crippen molar-refractivity contribution in [1.29, 1.82) is 0 Å². The van der Waals surface area contributed by atoms with E-state index in [1.165, 1.54) is 13.8 Å². The standard InChI is InChI=1S/C43H64N4O12/c1-11-33-43(8,52)38-26(4)34-24(2)19-42(7,37(27(5)35(48)28(6)40(51)57-33)58-41-36(49)31(47(9)10)18-25(3)56-41)55-22-30(21-54-38)46-59-32(39(50)45-34)23-53-17-13-15-29-14-12-16-44-20-29/h12-16,20,24-28,31-33,36-38,41,49,52H,11,17-19,21-23H2,1-10H3/b15-13+,45-34?,46-30-/t24-,25-,26+,27+,28-,31+,32?,33-,36-,37-,38-,41+,42-,43-/m1/s1. The number of aliphatic hydroxyl groups is 2. The van der Waals surface area contributed by atoms with E-state index in [-0.39, 0.29) is 57.1 Å². The Balaban J connectivity index is 1.61. The lowest BCUT2D eigenvalue weighted by Gasteiger charge is -2.47. The molecular formula is C43H64N4O12. The third-order valence-corrected chi connectivity index (χ3v) is 12.1. The Kier molecular flexibility index (Phi) is 15.7. The number of likely N-dealkylation sites (N-methyl/N-ethyl adjacent to an activating group) is 1. The van der Waals surface area contributed by atoms with Crippen LogP contribution in [-0.4, -0.2) is 150 Å². The molecule has 4 aliphatic heterocycles. The number of fused-ring (bicyclic) bond motifs is 4. The number of hydrogen-bond acceptors (Lipinski definition) is 15. The molecule has 1 amide bonds. The number of aromatic nitrogens is 1. The van der Waals surface area contributed by atoms with E-state index in [9.17, 15) is 24.6 Å². The van der Waals surface area contributed by atoms with Crippen LogP contribution in [0.5, 0.6) is 0 Å². The Hall–Kier alpha value is -3.48. The number of rotatable bonds is 9. The average molecular weight is 829 g/mol. The van der Waals surface area contributed by atoms with E-state index in [0.29, 0.717) is 12.1 Å². The van der Waals surface area contributed by atoms with Crippen molar-refractivity contribution >= 4 is 35.2 Å². The summed E-state index contributed by atoms with van der Waals surface area (Å²) in [5, 5.41) is 28.4. The number of oxime groups is 1. The van der Waals surface area contributed by atoms with Crippen molar-refractivity contribution in [3.8, 4) is 0 Å². The predicted molar refractivity (Wildman–Crippen MR) is 217 cm³/mol. The molecule has 16 heteroatoms. The van der Waals surface area contributed by atoms with Crippen molar-refractivity contribution in [1.82, 2.24) is 9.88 Å². The second-order valence-corrected chi connectivity index (χ2v) is 17.2. The van der Waals surface area contributed by atoms with Gasteiger partial charge in [-0.15, -0.1) is 0 Å². The summed E-state index contributed by atoms with van der Waals surface area (Å²) in [5.41, 5.74) is -1.76. The van der Waals surface area contributed by atoms with Crippen molar-refractivity contribution in [2.24, 2.45) is 33.8 Å². The number of ether oxygens (including phenoxy) is 6. The van der Waals surface area contributed by atoms with E-state index in [0.717, 1.165) is 5.56 Å². The number of aliphatic imine (C=N–C) groups is 1. The number of pyridine rings is 1. The lowest BCUT2D eigenvalue weighted by atomic mass is 9.73. The van der Waals surface area contributed by atoms with Gasteiger partial charge in [0.05, 0.1) is 50.3 Å². The smallest absolute Gasteiger partial charge is 0.316 e. The fourth-order valence-electron chi connectivity index (χ4n) is 8.81. The Morgan fingerprint density at radius 2 is 1.81 bits per heavy atom. The van der Waals surface area contributed by atoms with Crippen LogP contribution in [0.2, 0.25) is 0 Å². The number of carbonyl (C=O) groups is 3. The number of carbonyl (C=O) groups excluding carboxylic acids is 3. The zero-order valence-electron chi connectivity index (χ0n) is 36.1. The van der Waals surface area contributed by atoms with Gasteiger partial charge < -0.3 is 48.4 Å². The summed E-state index contributed by atoms with van der Waals surface area (Å²) < 4.78 is 38.1. The second-order valence-electron chi connectivity index (χ2n) is 17.2. The molecule has 4 bridgehead atoms. The highest BCUT2D eigenvalue weighted by Crippen LogP contribution is 2.40. The fraction of sp³-hybridized carbons (Fsp3) is 0.721. The summed E-state index contributed by atoms with van der Waals surface area (Å²) in [6.07, 6.45) is 0.763. The molecule has 5 rings (SSSR count). The first-order valence-electron chi connectivity index (χ1n) is 20.7. The summed E-state index contributed by atoms with van der Waals surface area (Å²) in [6, 6.07) is 3.41. The Labute approximate surface area is 347 Å². The van der Waals surface area contributed by atoms with E-state index in [4.69, 9.17) is 33.3 Å². The predicted octanol–water partition coefficient (Wildman–Crippen LogP) is 3.41. The quantitative estimate of drug-likeness (QED) is 0.209. The molecule has 4 aliphatic rings. The van der Waals surface area contributed by atoms with Gasteiger partial charge in [-0.2, -0.15) is 0 Å². The van der Waals surface area contributed by atoms with Gasteiger partial charge in [-0.1, -0.05) is 51.1 Å². The number of aliphatic hydroxyl groups excluding tert-OH is 1. The molecule has 0 aromatic carbocycles. The highest BCUT2D eigenvalue weighted by molar-refractivity contribution is 6.01. The summed E-state index contributed by atoms with van der Waals surface area (Å²) >= 11 is 0. The first kappa shape index (κ1) is 46.6. The molecule has 3 fully saturated rings. The van der Waals surface area contributed by atoms with Crippen LogP contribution in [-0.2, 0) is 47.6 Å². The maximum absolute atomic E-state index is 14.4. The zero-order valence-corrected chi connectivity index (χ0v) is 36.1. The first-order valence-corrected chi connectivity index (χ1v) is 20.7. The monoisotopic (exact) mass is 828 g/mol. The van der Waals surface area contributed by atoms with Gasteiger partial charge in [0.25, 0.3) is 5.91 Å². The minimum Gasteiger partial charge on any atom is -0.459 e. The molecule has 2 N–H and O–H groups in total. The van der Waals surface area contributed by atoms with E-state index in [1.807, 2.05) is 51.1 Å². The van der Waals surface area contributed by atoms with Gasteiger partial charge in [0.15, 0.2) is 12.1 Å². The van der Waals surface area contributed by atoms with E-state index in [2.05, 4.69) is 15.1 Å². The molecule has 1 aromatic rings. The minimum absolute atomic E-state index is 0.139. The van der Waals surface area contributed by atoms with Crippen LogP contribution >= 0.6 is 0 Å². The Morgan fingerprint density at radius 1 is 1.07 bits per heavy atom. The molecule has 0 saturated carbocycles. The molecule has 1 aromatic heterocycles. The van der Waals surface area contributed by atoms with Gasteiger partial charge in [-0.05, 0) is 78.6 Å². The number of nitrogens with zero attached hydrogens (tertiary/aromatic N) is 4. The van der Waals surface area contributed by atoms with Crippen LogP contribution in [0, 0.1) is 23.7 Å². The summed E-state index contributed by atoms with van der Waals surface area (Å²) in [5.74, 6) is -5.56. The fourth-order valence-corrected chi connectivity index (χ4v) is 8.81. The third-order valence-electron chi connectivity index (χ3n) is 12.1. The normalized spacial score (nSPS) is 40.1. The Morgan fingerprint density at radius 3 is 2.49 bits per heavy atom. The van der Waals surface area contributed by atoms with Crippen LogP contribution in [0.15, 0.2) is 40.8 Å². The molecule has 0 radical (unpaired) electrons. The molecule has 14 atom stereocenters. The second kappa shape index (κ2) is 19.9. The Bertz CT molecular complexity index is 1700. The maximum Gasteiger partial charge on any atom is 0.316 e. The lowest BCUT2D eigenvalue weighted by Crippen LogP contribution is -2.60. The highest BCUT2D eigenvalue weighted by atomic mass is 16.7.